The quantitative estimate of drug-likeness (QED) is 0.414. The second kappa shape index (κ2) is 8.33. The highest BCUT2D eigenvalue weighted by Crippen LogP contribution is 2.24. The summed E-state index contributed by atoms with van der Waals surface area (Å²) < 4.78 is 0. The minimum atomic E-state index is -0.322. The summed E-state index contributed by atoms with van der Waals surface area (Å²) >= 11 is 0. The van der Waals surface area contributed by atoms with Crippen molar-refractivity contribution >= 4 is 22.5 Å². The van der Waals surface area contributed by atoms with Gasteiger partial charge in [-0.2, -0.15) is 10.4 Å². The van der Waals surface area contributed by atoms with E-state index in [1.807, 2.05) is 36.4 Å². The number of pyridine rings is 2. The molecule has 0 unspecified atom stereocenters. The van der Waals surface area contributed by atoms with Crippen LogP contribution < -0.4 is 5.43 Å². The van der Waals surface area contributed by atoms with Crippen molar-refractivity contribution in [3.63, 3.8) is 0 Å². The van der Waals surface area contributed by atoms with Crippen LogP contribution in [0.15, 0.2) is 84.2 Å². The number of nitrogens with one attached hydrogen (secondary N) is 1. The van der Waals surface area contributed by atoms with Crippen molar-refractivity contribution in [3.8, 4) is 17.3 Å². The van der Waals surface area contributed by atoms with Crippen LogP contribution in [0.25, 0.3) is 22.2 Å². The van der Waals surface area contributed by atoms with E-state index in [0.29, 0.717) is 22.5 Å². The lowest BCUT2D eigenvalue weighted by molar-refractivity contribution is 0.0956. The van der Waals surface area contributed by atoms with Crippen molar-refractivity contribution in [1.29, 1.82) is 5.26 Å². The van der Waals surface area contributed by atoms with Gasteiger partial charge >= 0.3 is 0 Å². The highest BCUT2D eigenvalue weighted by molar-refractivity contribution is 6.08. The average Bonchev–Trinajstić information content (AvgIpc) is 2.82. The van der Waals surface area contributed by atoms with Crippen molar-refractivity contribution in [1.82, 2.24) is 15.4 Å². The molecule has 0 aliphatic carbocycles. The number of hydrogen-bond donors (Lipinski definition) is 1. The van der Waals surface area contributed by atoms with E-state index in [-0.39, 0.29) is 5.91 Å². The van der Waals surface area contributed by atoms with E-state index >= 15 is 0 Å². The Morgan fingerprint density at radius 3 is 2.50 bits per heavy atom. The molecule has 1 amide bonds. The zero-order chi connectivity index (χ0) is 20.9. The van der Waals surface area contributed by atoms with Crippen molar-refractivity contribution in [2.24, 2.45) is 5.10 Å². The number of benzene rings is 2. The molecule has 0 saturated carbocycles. The van der Waals surface area contributed by atoms with Gasteiger partial charge in [0.1, 0.15) is 0 Å². The van der Waals surface area contributed by atoms with Crippen LogP contribution >= 0.6 is 0 Å². The number of rotatable bonds is 4. The molecule has 0 saturated heterocycles. The maximum absolute atomic E-state index is 13.0. The molecular formula is C24H17N5O. The zero-order valence-electron chi connectivity index (χ0n) is 16.2. The van der Waals surface area contributed by atoms with Crippen LogP contribution in [-0.2, 0) is 0 Å². The number of amides is 1. The van der Waals surface area contributed by atoms with Gasteiger partial charge in [0.2, 0.25) is 0 Å². The van der Waals surface area contributed by atoms with Gasteiger partial charge in [0.05, 0.1) is 34.1 Å². The molecule has 0 aliphatic heterocycles. The second-order valence-electron chi connectivity index (χ2n) is 6.64. The Balaban J connectivity index is 1.67. The molecule has 0 bridgehead atoms. The summed E-state index contributed by atoms with van der Waals surface area (Å²) in [6, 6.07) is 22.1. The molecule has 0 aliphatic rings. The first kappa shape index (κ1) is 19.0. The number of hydrazone groups is 1. The Labute approximate surface area is 173 Å². The topological polar surface area (TPSA) is 91.0 Å². The molecule has 0 spiro atoms. The Hall–Kier alpha value is -4.37. The van der Waals surface area contributed by atoms with Crippen LogP contribution in [0.1, 0.15) is 28.4 Å². The van der Waals surface area contributed by atoms with Gasteiger partial charge in [-0.25, -0.2) is 10.4 Å². The SMILES string of the molecule is C/C(=N/NC(=O)c1cc(-c2ccncc2)nc2ccccc12)c1ccc(C#N)cc1. The molecule has 0 fully saturated rings. The first-order valence-electron chi connectivity index (χ1n) is 9.31. The molecule has 144 valence electrons. The predicted molar refractivity (Wildman–Crippen MR) is 116 cm³/mol. The smallest absolute Gasteiger partial charge is 0.267 e. The molecule has 6 heteroatoms. The minimum Gasteiger partial charge on any atom is -0.267 e. The van der Waals surface area contributed by atoms with Crippen LogP contribution in [0.3, 0.4) is 0 Å². The fourth-order valence-corrected chi connectivity index (χ4v) is 3.08. The number of para-hydroxylation sites is 1. The monoisotopic (exact) mass is 391 g/mol. The number of nitriles is 1. The molecule has 2 aromatic carbocycles. The van der Waals surface area contributed by atoms with Gasteiger partial charge in [0.15, 0.2) is 0 Å². The van der Waals surface area contributed by atoms with E-state index in [4.69, 9.17) is 5.26 Å². The Kier molecular flexibility index (Phi) is 5.27. The van der Waals surface area contributed by atoms with Crippen LogP contribution in [0.4, 0.5) is 0 Å². The van der Waals surface area contributed by atoms with Crippen molar-refractivity contribution < 1.29 is 4.79 Å². The van der Waals surface area contributed by atoms with Gasteiger partial charge in [-0.3, -0.25) is 9.78 Å². The van der Waals surface area contributed by atoms with Crippen LogP contribution in [-0.4, -0.2) is 21.6 Å². The molecule has 6 nitrogen and oxygen atoms in total. The maximum Gasteiger partial charge on any atom is 0.272 e. The van der Waals surface area contributed by atoms with Crippen LogP contribution in [0, 0.1) is 11.3 Å². The normalized spacial score (nSPS) is 11.1. The molecular weight excluding hydrogens is 374 g/mol. The Morgan fingerprint density at radius 2 is 1.77 bits per heavy atom. The zero-order valence-corrected chi connectivity index (χ0v) is 16.2. The van der Waals surface area contributed by atoms with E-state index in [1.165, 1.54) is 0 Å². The van der Waals surface area contributed by atoms with E-state index < -0.39 is 0 Å². The van der Waals surface area contributed by atoms with Crippen LogP contribution in [0.5, 0.6) is 0 Å². The first-order chi connectivity index (χ1) is 14.7. The molecule has 0 atom stereocenters. The summed E-state index contributed by atoms with van der Waals surface area (Å²) in [5.41, 5.74) is 7.46. The lowest BCUT2D eigenvalue weighted by Gasteiger charge is -2.09. The third kappa shape index (κ3) is 3.91. The molecule has 0 radical (unpaired) electrons. The summed E-state index contributed by atoms with van der Waals surface area (Å²) in [6.07, 6.45) is 3.38. The highest BCUT2D eigenvalue weighted by atomic mass is 16.2. The summed E-state index contributed by atoms with van der Waals surface area (Å²) in [5, 5.41) is 13.9. The number of carbonyl (C=O) groups excluding carboxylic acids is 1. The van der Waals surface area contributed by atoms with Gasteiger partial charge in [-0.05, 0) is 48.9 Å². The van der Waals surface area contributed by atoms with Crippen molar-refractivity contribution in [2.75, 3.05) is 0 Å². The Morgan fingerprint density at radius 1 is 1.03 bits per heavy atom. The minimum absolute atomic E-state index is 0.322. The Bertz CT molecular complexity index is 1290. The van der Waals surface area contributed by atoms with Crippen LogP contribution in [0.2, 0.25) is 0 Å². The van der Waals surface area contributed by atoms with Crippen molar-refractivity contribution in [2.45, 2.75) is 6.92 Å². The van der Waals surface area contributed by atoms with Gasteiger partial charge < -0.3 is 0 Å². The first-order valence-corrected chi connectivity index (χ1v) is 9.31. The van der Waals surface area contributed by atoms with Gasteiger partial charge in [0.25, 0.3) is 5.91 Å². The van der Waals surface area contributed by atoms with E-state index in [1.54, 1.807) is 49.6 Å². The van der Waals surface area contributed by atoms with Gasteiger partial charge in [0, 0.05) is 23.3 Å². The molecule has 2 heterocycles. The number of fused-ring (bicyclic) bond motifs is 1. The number of hydrogen-bond acceptors (Lipinski definition) is 5. The molecule has 30 heavy (non-hydrogen) atoms. The number of aromatic nitrogens is 2. The fourth-order valence-electron chi connectivity index (χ4n) is 3.08. The predicted octanol–water partition coefficient (Wildman–Crippen LogP) is 4.32. The average molecular weight is 391 g/mol. The fraction of sp³-hybridized carbons (Fsp3) is 0.0417. The molecule has 1 N–H and O–H groups in total. The van der Waals surface area contributed by atoms with Gasteiger partial charge in [-0.1, -0.05) is 30.3 Å². The number of nitrogens with zero attached hydrogens (tertiary/aromatic N) is 4. The molecule has 2 aromatic heterocycles. The van der Waals surface area contributed by atoms with E-state index in [2.05, 4.69) is 26.6 Å². The third-order valence-electron chi connectivity index (χ3n) is 4.69. The summed E-state index contributed by atoms with van der Waals surface area (Å²) in [6.45, 7) is 1.80. The molecule has 4 rings (SSSR count). The van der Waals surface area contributed by atoms with E-state index in [9.17, 15) is 4.79 Å². The number of carbonyl (C=O) groups is 1. The third-order valence-corrected chi connectivity index (χ3v) is 4.69. The standard InChI is InChI=1S/C24H17N5O/c1-16(18-8-6-17(15-25)7-9-18)28-29-24(30)21-14-23(19-10-12-26-13-11-19)27-22-5-3-2-4-20(21)22/h2-14H,1H3,(H,29,30)/b28-16-. The lowest BCUT2D eigenvalue weighted by atomic mass is 10.0. The second-order valence-corrected chi connectivity index (χ2v) is 6.64. The molecule has 4 aromatic rings. The highest BCUT2D eigenvalue weighted by Gasteiger charge is 2.14. The maximum atomic E-state index is 13.0. The summed E-state index contributed by atoms with van der Waals surface area (Å²) in [4.78, 5) is 21.7. The van der Waals surface area contributed by atoms with Gasteiger partial charge in [-0.15, -0.1) is 0 Å². The summed E-state index contributed by atoms with van der Waals surface area (Å²) in [5.74, 6) is -0.322. The van der Waals surface area contributed by atoms with Crippen molar-refractivity contribution in [3.05, 3.63) is 95.8 Å². The summed E-state index contributed by atoms with van der Waals surface area (Å²) in [7, 11) is 0. The lowest BCUT2D eigenvalue weighted by Crippen LogP contribution is -2.20. The largest absolute Gasteiger partial charge is 0.272 e. The van der Waals surface area contributed by atoms with E-state index in [0.717, 1.165) is 22.0 Å².